The van der Waals surface area contributed by atoms with Crippen LogP contribution in [0.2, 0.25) is 0 Å². The molecule has 0 amide bonds. The van der Waals surface area contributed by atoms with Crippen LogP contribution < -0.4 is 4.74 Å². The van der Waals surface area contributed by atoms with E-state index in [2.05, 4.69) is 14.6 Å². The molecule has 7 rings (SSSR count). The highest BCUT2D eigenvalue weighted by molar-refractivity contribution is 6.09. The fourth-order valence-corrected chi connectivity index (χ4v) is 6.80. The van der Waals surface area contributed by atoms with Crippen LogP contribution in [0.1, 0.15) is 47.5 Å². The molecule has 0 spiro atoms. The lowest BCUT2D eigenvalue weighted by molar-refractivity contribution is -0.142. The SMILES string of the molecule is CCc1nn(-c2cccc(Oc3ccc4c5ccccc5n(-c5cc(C)ccn5)c4c3)c2)c(CC)c1-c1c(C(F)(F)F)cc(C)cc1C(F)(F)F. The van der Waals surface area contributed by atoms with E-state index in [1.807, 2.05) is 61.5 Å². The first kappa shape index (κ1) is 33.9. The Morgan fingerprint density at radius 1 is 0.647 bits per heavy atom. The number of hydrogen-bond donors (Lipinski definition) is 0. The van der Waals surface area contributed by atoms with E-state index >= 15 is 0 Å². The summed E-state index contributed by atoms with van der Waals surface area (Å²) in [7, 11) is 0. The zero-order valence-electron chi connectivity index (χ0n) is 28.1. The van der Waals surface area contributed by atoms with E-state index in [0.717, 1.165) is 45.3 Å². The molecule has 7 aromatic rings. The van der Waals surface area contributed by atoms with Crippen LogP contribution in [0, 0.1) is 13.8 Å². The van der Waals surface area contributed by atoms with Crippen LogP contribution in [0.25, 0.3) is 44.4 Å². The molecule has 0 saturated heterocycles. The number of halogens is 6. The summed E-state index contributed by atoms with van der Waals surface area (Å²) < 4.78 is 96.4. The van der Waals surface area contributed by atoms with Crippen molar-refractivity contribution in [3.8, 4) is 34.1 Å². The van der Waals surface area contributed by atoms with Gasteiger partial charge in [0.1, 0.15) is 17.3 Å². The standard InChI is InChI=1S/C40H32F6N4O/c1-5-32-38(37-30(39(41,42)43)18-24(4)19-31(37)40(44,45)46)33(6-2)50(48-32)25-10-9-11-26(21-25)51-27-14-15-29-28-12-7-8-13-34(28)49(35(29)22-27)36-20-23(3)16-17-47-36/h7-22H,5-6H2,1-4H3. The van der Waals surface area contributed by atoms with Crippen LogP contribution in [-0.4, -0.2) is 19.3 Å². The minimum absolute atomic E-state index is 0.109. The second-order valence-corrected chi connectivity index (χ2v) is 12.4. The van der Waals surface area contributed by atoms with Gasteiger partial charge in [-0.2, -0.15) is 31.4 Å². The fraction of sp³-hybridized carbons (Fsp3) is 0.200. The van der Waals surface area contributed by atoms with Crippen LogP contribution >= 0.6 is 0 Å². The largest absolute Gasteiger partial charge is 0.457 e. The molecule has 0 fully saturated rings. The van der Waals surface area contributed by atoms with Crippen LogP contribution in [0.3, 0.4) is 0 Å². The number of ether oxygens (including phenoxy) is 1. The summed E-state index contributed by atoms with van der Waals surface area (Å²) in [6, 6.07) is 26.0. The monoisotopic (exact) mass is 698 g/mol. The highest BCUT2D eigenvalue weighted by atomic mass is 19.4. The molecule has 3 aromatic heterocycles. The molecule has 0 radical (unpaired) electrons. The first-order valence-electron chi connectivity index (χ1n) is 16.4. The van der Waals surface area contributed by atoms with Crippen molar-refractivity contribution in [1.82, 2.24) is 19.3 Å². The Labute approximate surface area is 289 Å². The topological polar surface area (TPSA) is 44.9 Å². The fourth-order valence-electron chi connectivity index (χ4n) is 6.80. The highest BCUT2D eigenvalue weighted by Crippen LogP contribution is 2.47. The van der Waals surface area contributed by atoms with Crippen molar-refractivity contribution in [2.24, 2.45) is 0 Å². The predicted molar refractivity (Wildman–Crippen MR) is 186 cm³/mol. The van der Waals surface area contributed by atoms with Crippen molar-refractivity contribution in [2.75, 3.05) is 0 Å². The lowest BCUT2D eigenvalue weighted by Crippen LogP contribution is -2.16. The van der Waals surface area contributed by atoms with E-state index in [9.17, 15) is 26.3 Å². The average Bonchev–Trinajstić information content (AvgIpc) is 3.62. The molecule has 0 saturated carbocycles. The van der Waals surface area contributed by atoms with E-state index in [0.29, 0.717) is 17.2 Å². The minimum Gasteiger partial charge on any atom is -0.457 e. The van der Waals surface area contributed by atoms with Gasteiger partial charge in [0, 0.05) is 40.2 Å². The Hall–Kier alpha value is -5.58. The van der Waals surface area contributed by atoms with Gasteiger partial charge in [0.15, 0.2) is 0 Å². The van der Waals surface area contributed by atoms with Gasteiger partial charge in [-0.1, -0.05) is 38.1 Å². The molecular weight excluding hydrogens is 666 g/mol. The number of aromatic nitrogens is 4. The third-order valence-corrected chi connectivity index (χ3v) is 8.94. The quantitative estimate of drug-likeness (QED) is 0.156. The lowest BCUT2D eigenvalue weighted by atomic mass is 9.89. The maximum Gasteiger partial charge on any atom is 0.417 e. The molecule has 51 heavy (non-hydrogen) atoms. The Balaban J connectivity index is 1.34. The summed E-state index contributed by atoms with van der Waals surface area (Å²) in [5.41, 5.74) is -0.196. The number of nitrogens with zero attached hydrogens (tertiary/aromatic N) is 4. The van der Waals surface area contributed by atoms with Crippen LogP contribution in [0.4, 0.5) is 26.3 Å². The molecule has 5 nitrogen and oxygen atoms in total. The molecule has 260 valence electrons. The van der Waals surface area contributed by atoms with Crippen molar-refractivity contribution in [2.45, 2.75) is 52.9 Å². The van der Waals surface area contributed by atoms with Gasteiger partial charge in [0.25, 0.3) is 0 Å². The normalized spacial score (nSPS) is 12.3. The number of para-hydroxylation sites is 1. The molecule has 11 heteroatoms. The number of pyridine rings is 1. The zero-order chi connectivity index (χ0) is 36.2. The van der Waals surface area contributed by atoms with Crippen molar-refractivity contribution in [3.05, 3.63) is 131 Å². The van der Waals surface area contributed by atoms with Gasteiger partial charge in [-0.3, -0.25) is 4.57 Å². The number of hydrogen-bond acceptors (Lipinski definition) is 3. The second-order valence-electron chi connectivity index (χ2n) is 12.4. The van der Waals surface area contributed by atoms with Crippen molar-refractivity contribution < 1.29 is 31.1 Å². The maximum absolute atomic E-state index is 14.4. The average molecular weight is 699 g/mol. The molecule has 0 unspecified atom stereocenters. The molecule has 0 aliphatic carbocycles. The van der Waals surface area contributed by atoms with Crippen molar-refractivity contribution in [1.29, 1.82) is 0 Å². The Kier molecular flexibility index (Phi) is 8.40. The van der Waals surface area contributed by atoms with Gasteiger partial charge in [-0.05, 0) is 92.4 Å². The number of aryl methyl sites for hydroxylation is 3. The zero-order valence-corrected chi connectivity index (χ0v) is 28.1. The molecule has 0 aliphatic heterocycles. The van der Waals surface area contributed by atoms with E-state index < -0.39 is 29.0 Å². The minimum atomic E-state index is -5.03. The number of alkyl halides is 6. The predicted octanol–water partition coefficient (Wildman–Crippen LogP) is 11.6. The maximum atomic E-state index is 14.4. The summed E-state index contributed by atoms with van der Waals surface area (Å²) in [5, 5.41) is 6.65. The lowest BCUT2D eigenvalue weighted by Gasteiger charge is -2.21. The van der Waals surface area contributed by atoms with E-state index in [1.54, 1.807) is 44.3 Å². The van der Waals surface area contributed by atoms with Gasteiger partial charge in [-0.25, -0.2) is 9.67 Å². The molecule has 0 atom stereocenters. The van der Waals surface area contributed by atoms with Crippen molar-refractivity contribution in [3.63, 3.8) is 0 Å². The highest BCUT2D eigenvalue weighted by Gasteiger charge is 2.43. The molecule has 0 bridgehead atoms. The van der Waals surface area contributed by atoms with Crippen LogP contribution in [-0.2, 0) is 25.2 Å². The molecular formula is C40H32F6N4O. The number of rotatable bonds is 7. The van der Waals surface area contributed by atoms with E-state index in [1.165, 1.54) is 11.6 Å². The van der Waals surface area contributed by atoms with Crippen LogP contribution in [0.15, 0.2) is 97.2 Å². The molecule has 0 aliphatic rings. The smallest absolute Gasteiger partial charge is 0.417 e. The summed E-state index contributed by atoms with van der Waals surface area (Å²) in [5.74, 6) is 1.68. The Morgan fingerprint density at radius 2 is 1.33 bits per heavy atom. The second kappa shape index (κ2) is 12.6. The summed E-state index contributed by atoms with van der Waals surface area (Å²) in [6.45, 7) is 6.57. The Bertz CT molecular complexity index is 2400. The molecule has 0 N–H and O–H groups in total. The molecule has 4 aromatic carbocycles. The van der Waals surface area contributed by atoms with Gasteiger partial charge in [0.05, 0.1) is 39.2 Å². The van der Waals surface area contributed by atoms with E-state index in [-0.39, 0.29) is 35.4 Å². The summed E-state index contributed by atoms with van der Waals surface area (Å²) in [4.78, 5) is 4.62. The van der Waals surface area contributed by atoms with E-state index in [4.69, 9.17) is 4.74 Å². The third kappa shape index (κ3) is 6.11. The number of benzene rings is 4. The van der Waals surface area contributed by atoms with Crippen LogP contribution in [0.5, 0.6) is 11.5 Å². The summed E-state index contributed by atoms with van der Waals surface area (Å²) in [6.07, 6.45) is -8.08. The van der Waals surface area contributed by atoms with Gasteiger partial charge in [0.2, 0.25) is 0 Å². The van der Waals surface area contributed by atoms with Gasteiger partial charge < -0.3 is 4.74 Å². The molecule has 3 heterocycles. The Morgan fingerprint density at radius 3 is 2.00 bits per heavy atom. The first-order valence-corrected chi connectivity index (χ1v) is 16.4. The van der Waals surface area contributed by atoms with Gasteiger partial charge in [-0.15, -0.1) is 0 Å². The number of fused-ring (bicyclic) bond motifs is 3. The van der Waals surface area contributed by atoms with Gasteiger partial charge >= 0.3 is 12.4 Å². The van der Waals surface area contributed by atoms with Crippen molar-refractivity contribution >= 4 is 21.8 Å². The third-order valence-electron chi connectivity index (χ3n) is 8.94. The first-order chi connectivity index (χ1) is 24.3. The summed E-state index contributed by atoms with van der Waals surface area (Å²) >= 11 is 0.